The van der Waals surface area contributed by atoms with E-state index >= 15 is 0 Å². The molecule has 0 N–H and O–H groups in total. The van der Waals surface area contributed by atoms with Crippen LogP contribution in [-0.2, 0) is 14.8 Å². The Hall–Kier alpha value is -1.60. The Morgan fingerprint density at radius 2 is 1.68 bits per heavy atom. The van der Waals surface area contributed by atoms with E-state index in [1.807, 2.05) is 13.0 Å². The van der Waals surface area contributed by atoms with Gasteiger partial charge >= 0.3 is 0 Å². The van der Waals surface area contributed by atoms with Crippen LogP contribution in [0.25, 0.3) is 0 Å². The van der Waals surface area contributed by atoms with Gasteiger partial charge in [0, 0.05) is 39.2 Å². The normalized spacial score (nSPS) is 16.6. The lowest BCUT2D eigenvalue weighted by Gasteiger charge is -2.33. The molecule has 0 bridgehead atoms. The molecule has 22 heavy (non-hydrogen) atoms. The number of methoxy groups -OCH3 is 1. The van der Waals surface area contributed by atoms with Crippen molar-refractivity contribution in [2.24, 2.45) is 0 Å². The van der Waals surface area contributed by atoms with Crippen molar-refractivity contribution in [1.29, 1.82) is 0 Å². The molecule has 1 aromatic rings. The molecule has 1 fully saturated rings. The van der Waals surface area contributed by atoms with Gasteiger partial charge in [-0.15, -0.1) is 0 Å². The molecule has 0 unspecified atom stereocenters. The number of hydrogen-bond acceptors (Lipinski definition) is 4. The highest BCUT2D eigenvalue weighted by atomic mass is 32.2. The van der Waals surface area contributed by atoms with Crippen LogP contribution >= 0.6 is 0 Å². The summed E-state index contributed by atoms with van der Waals surface area (Å²) in [5.74, 6) is 0.539. The summed E-state index contributed by atoms with van der Waals surface area (Å²) in [5.41, 5.74) is 1.60. The maximum atomic E-state index is 12.8. The Morgan fingerprint density at radius 1 is 1.09 bits per heavy atom. The highest BCUT2D eigenvalue weighted by Crippen LogP contribution is 2.28. The third kappa shape index (κ3) is 3.10. The molecular weight excluding hydrogens is 304 g/mol. The van der Waals surface area contributed by atoms with Gasteiger partial charge in [-0.25, -0.2) is 8.42 Å². The molecule has 2 rings (SSSR count). The average Bonchev–Trinajstić information content (AvgIpc) is 2.47. The molecule has 7 heteroatoms. The number of rotatable bonds is 3. The molecule has 6 nitrogen and oxygen atoms in total. The zero-order valence-electron chi connectivity index (χ0n) is 13.4. The van der Waals surface area contributed by atoms with Crippen LogP contribution < -0.4 is 4.74 Å². The SMILES string of the molecule is COc1cc(S(=O)(=O)N2CCN(C(C)=O)CC2)c(C)cc1C. The first-order chi connectivity index (χ1) is 10.3. The molecule has 0 atom stereocenters. The lowest BCUT2D eigenvalue weighted by molar-refractivity contribution is -0.129. The van der Waals surface area contributed by atoms with Crippen molar-refractivity contribution in [2.45, 2.75) is 25.7 Å². The van der Waals surface area contributed by atoms with Crippen LogP contribution in [0, 0.1) is 13.8 Å². The van der Waals surface area contributed by atoms with E-state index < -0.39 is 10.0 Å². The zero-order valence-corrected chi connectivity index (χ0v) is 14.2. The molecule has 0 aliphatic carbocycles. The minimum atomic E-state index is -3.58. The second kappa shape index (κ2) is 6.26. The molecular formula is C15H22N2O4S. The first kappa shape index (κ1) is 16.8. The molecule has 0 aromatic heterocycles. The molecule has 0 saturated carbocycles. The summed E-state index contributed by atoms with van der Waals surface area (Å²) in [6, 6.07) is 3.40. The number of sulfonamides is 1. The lowest BCUT2D eigenvalue weighted by Crippen LogP contribution is -2.50. The smallest absolute Gasteiger partial charge is 0.243 e. The predicted molar refractivity (Wildman–Crippen MR) is 83.5 cm³/mol. The average molecular weight is 326 g/mol. The first-order valence-electron chi connectivity index (χ1n) is 7.18. The quantitative estimate of drug-likeness (QED) is 0.836. The molecule has 1 aromatic carbocycles. The molecule has 1 aliphatic rings. The van der Waals surface area contributed by atoms with Crippen molar-refractivity contribution in [1.82, 2.24) is 9.21 Å². The van der Waals surface area contributed by atoms with Crippen molar-refractivity contribution in [3.63, 3.8) is 0 Å². The molecule has 1 saturated heterocycles. The van der Waals surface area contributed by atoms with Crippen LogP contribution in [0.4, 0.5) is 0 Å². The fourth-order valence-corrected chi connectivity index (χ4v) is 4.34. The van der Waals surface area contributed by atoms with Gasteiger partial charge in [0.2, 0.25) is 15.9 Å². The molecule has 122 valence electrons. The van der Waals surface area contributed by atoms with Crippen LogP contribution in [0.2, 0.25) is 0 Å². The van der Waals surface area contributed by atoms with E-state index in [9.17, 15) is 13.2 Å². The number of ether oxygens (including phenoxy) is 1. The third-order valence-electron chi connectivity index (χ3n) is 3.99. The van der Waals surface area contributed by atoms with Gasteiger partial charge in [0.15, 0.2) is 0 Å². The van der Waals surface area contributed by atoms with Gasteiger partial charge < -0.3 is 9.64 Å². The zero-order chi connectivity index (χ0) is 16.5. The summed E-state index contributed by atoms with van der Waals surface area (Å²) in [7, 11) is -2.05. The predicted octanol–water partition coefficient (Wildman–Crippen LogP) is 1.16. The van der Waals surface area contributed by atoms with Gasteiger partial charge in [-0.05, 0) is 25.0 Å². The highest BCUT2D eigenvalue weighted by Gasteiger charge is 2.30. The molecule has 0 spiro atoms. The Labute approximate surface area is 131 Å². The maximum absolute atomic E-state index is 12.8. The minimum absolute atomic E-state index is 0.0229. The van der Waals surface area contributed by atoms with Gasteiger partial charge in [-0.3, -0.25) is 4.79 Å². The third-order valence-corrected chi connectivity index (χ3v) is 6.03. The second-order valence-corrected chi connectivity index (χ2v) is 7.40. The number of benzene rings is 1. The largest absolute Gasteiger partial charge is 0.496 e. The van der Waals surface area contributed by atoms with E-state index in [0.29, 0.717) is 37.5 Å². The second-order valence-electron chi connectivity index (χ2n) is 5.50. The van der Waals surface area contributed by atoms with E-state index in [1.54, 1.807) is 17.9 Å². The van der Waals surface area contributed by atoms with Gasteiger partial charge in [0.1, 0.15) is 5.75 Å². The monoisotopic (exact) mass is 326 g/mol. The summed E-state index contributed by atoms with van der Waals surface area (Å²) < 4.78 is 32.3. The van der Waals surface area contributed by atoms with Crippen LogP contribution in [0.5, 0.6) is 5.75 Å². The molecule has 1 aliphatic heterocycles. The van der Waals surface area contributed by atoms with E-state index in [1.165, 1.54) is 18.3 Å². The van der Waals surface area contributed by atoms with Crippen molar-refractivity contribution >= 4 is 15.9 Å². The van der Waals surface area contributed by atoms with E-state index in [-0.39, 0.29) is 10.8 Å². The topological polar surface area (TPSA) is 66.9 Å². The molecule has 1 heterocycles. The number of piperazine rings is 1. The molecule has 0 radical (unpaired) electrons. The first-order valence-corrected chi connectivity index (χ1v) is 8.62. The summed E-state index contributed by atoms with van der Waals surface area (Å²) in [6.45, 7) is 6.65. The fraction of sp³-hybridized carbons (Fsp3) is 0.533. The van der Waals surface area contributed by atoms with Crippen LogP contribution in [-0.4, -0.2) is 56.8 Å². The summed E-state index contributed by atoms with van der Waals surface area (Å²) >= 11 is 0. The minimum Gasteiger partial charge on any atom is -0.496 e. The van der Waals surface area contributed by atoms with E-state index in [0.717, 1.165) is 5.56 Å². The Bertz CT molecular complexity index is 677. The number of amides is 1. The standard InChI is InChI=1S/C15H22N2O4S/c1-11-9-12(2)15(10-14(11)21-4)22(19,20)17-7-5-16(6-8-17)13(3)18/h9-10H,5-8H2,1-4H3. The molecule has 1 amide bonds. The van der Waals surface area contributed by atoms with E-state index in [2.05, 4.69) is 0 Å². The number of aryl methyl sites for hydroxylation is 2. The maximum Gasteiger partial charge on any atom is 0.243 e. The highest BCUT2D eigenvalue weighted by molar-refractivity contribution is 7.89. The van der Waals surface area contributed by atoms with Gasteiger partial charge in [-0.2, -0.15) is 4.31 Å². The van der Waals surface area contributed by atoms with Crippen molar-refractivity contribution < 1.29 is 17.9 Å². The Morgan fingerprint density at radius 3 is 2.18 bits per heavy atom. The summed E-state index contributed by atoms with van der Waals surface area (Å²) in [4.78, 5) is 13.3. The summed E-state index contributed by atoms with van der Waals surface area (Å²) in [5, 5.41) is 0. The van der Waals surface area contributed by atoms with Crippen LogP contribution in [0.1, 0.15) is 18.1 Å². The van der Waals surface area contributed by atoms with E-state index in [4.69, 9.17) is 4.74 Å². The number of carbonyl (C=O) groups is 1. The van der Waals surface area contributed by atoms with Gasteiger partial charge in [0.05, 0.1) is 12.0 Å². The Balaban J connectivity index is 2.30. The Kier molecular flexibility index (Phi) is 4.77. The van der Waals surface area contributed by atoms with Crippen molar-refractivity contribution in [3.8, 4) is 5.75 Å². The van der Waals surface area contributed by atoms with Crippen LogP contribution in [0.15, 0.2) is 17.0 Å². The number of carbonyl (C=O) groups excluding carboxylic acids is 1. The van der Waals surface area contributed by atoms with Gasteiger partial charge in [-0.1, -0.05) is 6.07 Å². The van der Waals surface area contributed by atoms with Crippen LogP contribution in [0.3, 0.4) is 0 Å². The van der Waals surface area contributed by atoms with Gasteiger partial charge in [0.25, 0.3) is 0 Å². The van der Waals surface area contributed by atoms with Crippen molar-refractivity contribution in [2.75, 3.05) is 33.3 Å². The summed E-state index contributed by atoms with van der Waals surface area (Å²) in [6.07, 6.45) is 0. The number of hydrogen-bond donors (Lipinski definition) is 0. The van der Waals surface area contributed by atoms with Crippen molar-refractivity contribution in [3.05, 3.63) is 23.3 Å². The fourth-order valence-electron chi connectivity index (χ4n) is 2.69. The number of nitrogens with zero attached hydrogens (tertiary/aromatic N) is 2. The lowest BCUT2D eigenvalue weighted by atomic mass is 10.1.